The highest BCUT2D eigenvalue weighted by Gasteiger charge is 2.46. The van der Waals surface area contributed by atoms with Gasteiger partial charge in [-0.1, -0.05) is 261 Å². The Balaban J connectivity index is 0.960. The van der Waals surface area contributed by atoms with E-state index in [0.29, 0.717) is 0 Å². The summed E-state index contributed by atoms with van der Waals surface area (Å²) in [6.45, 7) is 0. The summed E-state index contributed by atoms with van der Waals surface area (Å²) in [6, 6.07) is 103. The molecule has 11 aromatic carbocycles. The second kappa shape index (κ2) is 19.2. The van der Waals surface area contributed by atoms with E-state index in [4.69, 9.17) is 0 Å². The van der Waals surface area contributed by atoms with Crippen molar-refractivity contribution in [3.05, 3.63) is 354 Å². The molecule has 2 nitrogen and oxygen atoms in total. The topological polar surface area (TPSA) is 8.17 Å². The third-order valence-corrected chi connectivity index (χ3v) is 16.9. The van der Waals surface area contributed by atoms with E-state index in [1.165, 1.54) is 83.0 Å². The Kier molecular flexibility index (Phi) is 11.3. The molecule has 0 saturated carbocycles. The Bertz CT molecular complexity index is 4380. The molecular formula is C77H54N2. The smallest absolute Gasteiger partial charge is 0.0713 e. The molecular weight excluding hydrogens is 953 g/mol. The van der Waals surface area contributed by atoms with Crippen LogP contribution >= 0.6 is 0 Å². The first-order valence-electron chi connectivity index (χ1n) is 27.6. The first kappa shape index (κ1) is 46.3. The SMILES string of the molecule is C1=CC2=CC=CC(c3ccccc3N(c3cccc(-c4cccc5c4c4ccccc4n5-c4ccccc4)c3)c3ccccc3-c3ccc4c(c3)C(c3ccccc3)(c3ccccc3)c3ccccc3-4)C2C(c2ccccc2)=C1. The summed E-state index contributed by atoms with van der Waals surface area (Å²) in [5, 5.41) is 2.47. The van der Waals surface area contributed by atoms with Crippen molar-refractivity contribution in [1.82, 2.24) is 4.57 Å². The molecule has 3 aliphatic carbocycles. The minimum atomic E-state index is -0.540. The van der Waals surface area contributed by atoms with Crippen molar-refractivity contribution in [1.29, 1.82) is 0 Å². The largest absolute Gasteiger partial charge is 0.310 e. The van der Waals surface area contributed by atoms with Crippen molar-refractivity contribution < 1.29 is 0 Å². The maximum atomic E-state index is 2.56. The monoisotopic (exact) mass is 1010 g/mol. The third kappa shape index (κ3) is 7.47. The van der Waals surface area contributed by atoms with E-state index in [0.717, 1.165) is 39.4 Å². The van der Waals surface area contributed by atoms with E-state index in [1.807, 2.05) is 0 Å². The molecule has 0 fully saturated rings. The van der Waals surface area contributed by atoms with Crippen molar-refractivity contribution in [3.8, 4) is 39.1 Å². The molecule has 12 aromatic rings. The number of hydrogen-bond acceptors (Lipinski definition) is 1. The van der Waals surface area contributed by atoms with E-state index >= 15 is 0 Å². The fourth-order valence-corrected chi connectivity index (χ4v) is 13.6. The van der Waals surface area contributed by atoms with Crippen LogP contribution in [0, 0.1) is 5.92 Å². The highest BCUT2D eigenvalue weighted by molar-refractivity contribution is 6.16. The van der Waals surface area contributed by atoms with E-state index in [2.05, 4.69) is 325 Å². The Morgan fingerprint density at radius 1 is 0.392 bits per heavy atom. The predicted molar refractivity (Wildman–Crippen MR) is 331 cm³/mol. The first-order chi connectivity index (χ1) is 39.2. The minimum absolute atomic E-state index is 0.0409. The van der Waals surface area contributed by atoms with E-state index in [1.54, 1.807) is 0 Å². The van der Waals surface area contributed by atoms with Gasteiger partial charge in [0, 0.05) is 45.2 Å². The zero-order valence-electron chi connectivity index (χ0n) is 43.6. The second-order valence-corrected chi connectivity index (χ2v) is 21.0. The molecule has 0 saturated heterocycles. The Labute approximate surface area is 462 Å². The van der Waals surface area contributed by atoms with Crippen molar-refractivity contribution in [2.75, 3.05) is 4.90 Å². The van der Waals surface area contributed by atoms with Crippen LogP contribution in [0.3, 0.4) is 0 Å². The molecule has 15 rings (SSSR count). The fraction of sp³-hybridized carbons (Fsp3) is 0.0390. The van der Waals surface area contributed by atoms with Gasteiger partial charge >= 0.3 is 0 Å². The normalized spacial score (nSPS) is 15.7. The highest BCUT2D eigenvalue weighted by atomic mass is 15.1. The average Bonchev–Trinajstić information content (AvgIpc) is 3.61. The molecule has 2 atom stereocenters. The van der Waals surface area contributed by atoms with Gasteiger partial charge in [-0.2, -0.15) is 0 Å². The molecule has 0 radical (unpaired) electrons. The number of allylic oxidation sites excluding steroid dienone is 8. The Hall–Kier alpha value is -10.0. The van der Waals surface area contributed by atoms with Gasteiger partial charge in [0.2, 0.25) is 0 Å². The van der Waals surface area contributed by atoms with Crippen LogP contribution in [0.1, 0.15) is 39.3 Å². The van der Waals surface area contributed by atoms with Crippen molar-refractivity contribution in [3.63, 3.8) is 0 Å². The molecule has 372 valence electrons. The molecule has 0 spiro atoms. The number of nitrogens with zero attached hydrogens (tertiary/aromatic N) is 2. The molecule has 2 heteroatoms. The number of anilines is 3. The molecule has 3 aliphatic rings. The molecule has 2 unspecified atom stereocenters. The second-order valence-electron chi connectivity index (χ2n) is 21.0. The average molecular weight is 1010 g/mol. The van der Waals surface area contributed by atoms with Gasteiger partial charge in [0.05, 0.1) is 22.1 Å². The maximum Gasteiger partial charge on any atom is 0.0713 e. The van der Waals surface area contributed by atoms with Gasteiger partial charge in [-0.15, -0.1) is 0 Å². The number of rotatable bonds is 10. The number of fused-ring (bicyclic) bond motifs is 7. The first-order valence-corrected chi connectivity index (χ1v) is 27.6. The zero-order chi connectivity index (χ0) is 52.3. The van der Waals surface area contributed by atoms with Crippen LogP contribution in [0.2, 0.25) is 0 Å². The van der Waals surface area contributed by atoms with Crippen molar-refractivity contribution >= 4 is 44.4 Å². The van der Waals surface area contributed by atoms with Gasteiger partial charge < -0.3 is 9.47 Å². The fourth-order valence-electron chi connectivity index (χ4n) is 13.6. The van der Waals surface area contributed by atoms with Gasteiger partial charge in [-0.3, -0.25) is 0 Å². The summed E-state index contributed by atoms with van der Waals surface area (Å²) < 4.78 is 2.41. The standard InChI is InChI=1S/C77H54N2/c1-5-25-53(26-6-1)62-41-22-27-54-28-23-43-67(75(54)62)66-39-15-19-46-72(66)79(60-36-21-29-55(51-60)63-42-24-48-74-76(63)68-40-16-20-47-73(68)78(74)59-34-11-4-12-35-59)71-45-18-14-37-61(71)56-49-50-65-64-38-13-17-44-69(64)77(70(65)52-56,57-30-7-2-8-31-57)58-32-9-3-10-33-58/h1-52,67,75H. The summed E-state index contributed by atoms with van der Waals surface area (Å²) in [5.74, 6) is 0.156. The number of benzene rings is 11. The lowest BCUT2D eigenvalue weighted by Crippen LogP contribution is -2.28. The van der Waals surface area contributed by atoms with Gasteiger partial charge in [0.15, 0.2) is 0 Å². The van der Waals surface area contributed by atoms with E-state index < -0.39 is 5.41 Å². The summed E-state index contributed by atoms with van der Waals surface area (Å²) in [7, 11) is 0. The molecule has 79 heavy (non-hydrogen) atoms. The number of hydrogen-bond donors (Lipinski definition) is 0. The van der Waals surface area contributed by atoms with Crippen LogP contribution in [-0.2, 0) is 5.41 Å². The van der Waals surface area contributed by atoms with Gasteiger partial charge in [0.1, 0.15) is 0 Å². The van der Waals surface area contributed by atoms with Crippen LogP contribution in [-0.4, -0.2) is 4.57 Å². The third-order valence-electron chi connectivity index (χ3n) is 16.9. The number of para-hydroxylation sites is 4. The summed E-state index contributed by atoms with van der Waals surface area (Å²) in [6.07, 6.45) is 13.9. The van der Waals surface area contributed by atoms with E-state index in [-0.39, 0.29) is 11.8 Å². The molecule has 1 heterocycles. The maximum absolute atomic E-state index is 2.56. The Morgan fingerprint density at radius 3 is 1.78 bits per heavy atom. The number of aromatic nitrogens is 1. The van der Waals surface area contributed by atoms with Crippen LogP contribution in [0.15, 0.2) is 321 Å². The Morgan fingerprint density at radius 2 is 0.987 bits per heavy atom. The lowest BCUT2D eigenvalue weighted by molar-refractivity contribution is 0.687. The van der Waals surface area contributed by atoms with Crippen LogP contribution in [0.25, 0.3) is 66.4 Å². The molecule has 0 amide bonds. The van der Waals surface area contributed by atoms with Gasteiger partial charge in [-0.25, -0.2) is 0 Å². The summed E-state index contributed by atoms with van der Waals surface area (Å²) >= 11 is 0. The molecule has 0 N–H and O–H groups in total. The van der Waals surface area contributed by atoms with Crippen LogP contribution < -0.4 is 4.90 Å². The van der Waals surface area contributed by atoms with E-state index in [9.17, 15) is 0 Å². The highest BCUT2D eigenvalue weighted by Crippen LogP contribution is 2.58. The minimum Gasteiger partial charge on any atom is -0.310 e. The zero-order valence-corrected chi connectivity index (χ0v) is 43.6. The molecule has 1 aromatic heterocycles. The van der Waals surface area contributed by atoms with Gasteiger partial charge in [-0.05, 0) is 127 Å². The van der Waals surface area contributed by atoms with Crippen LogP contribution in [0.4, 0.5) is 17.1 Å². The van der Waals surface area contributed by atoms with Crippen LogP contribution in [0.5, 0.6) is 0 Å². The van der Waals surface area contributed by atoms with Crippen molar-refractivity contribution in [2.45, 2.75) is 11.3 Å². The molecule has 0 aliphatic heterocycles. The van der Waals surface area contributed by atoms with Crippen molar-refractivity contribution in [2.24, 2.45) is 5.92 Å². The lowest BCUT2D eigenvalue weighted by atomic mass is 9.67. The predicted octanol–water partition coefficient (Wildman–Crippen LogP) is 19.8. The quantitative estimate of drug-likeness (QED) is 0.133. The summed E-state index contributed by atoms with van der Waals surface area (Å²) in [4.78, 5) is 2.56. The summed E-state index contributed by atoms with van der Waals surface area (Å²) in [5.41, 5.74) is 23.7. The lowest BCUT2D eigenvalue weighted by Gasteiger charge is -2.37. The molecule has 0 bridgehead atoms. The van der Waals surface area contributed by atoms with Gasteiger partial charge in [0.25, 0.3) is 0 Å².